The van der Waals surface area contributed by atoms with E-state index in [1.165, 1.54) is 0 Å². The van der Waals surface area contributed by atoms with Gasteiger partial charge in [0.1, 0.15) is 5.82 Å². The number of primary amides is 1. The van der Waals surface area contributed by atoms with E-state index >= 15 is 0 Å². The van der Waals surface area contributed by atoms with Crippen molar-refractivity contribution in [3.05, 3.63) is 47.1 Å². The molecule has 0 spiro atoms. The van der Waals surface area contributed by atoms with Gasteiger partial charge in [0.15, 0.2) is 0 Å². The lowest BCUT2D eigenvalue weighted by atomic mass is 9.92. The van der Waals surface area contributed by atoms with Crippen LogP contribution in [0.15, 0.2) is 36.5 Å². The smallest absolute Gasteiger partial charge is 0.248 e. The summed E-state index contributed by atoms with van der Waals surface area (Å²) in [5, 5.41) is 4.04. The Labute approximate surface area is 146 Å². The fourth-order valence-electron chi connectivity index (χ4n) is 3.03. The van der Waals surface area contributed by atoms with E-state index in [2.05, 4.69) is 10.3 Å². The number of pyridine rings is 1. The summed E-state index contributed by atoms with van der Waals surface area (Å²) in [4.78, 5) is 15.6. The molecule has 1 heterocycles. The number of hydrogen-bond donors (Lipinski definition) is 3. The standard InChI is InChI=1S/C18H21ClN4O/c19-16-10-22-17(23-14-7-5-13(20)6-8-14)9-15(16)11-1-3-12(4-2-11)18(21)24/h1-4,9-10,13-14H,5-8,20H2,(H2,21,24)(H,22,23)/t13-,14-. The molecule has 1 fully saturated rings. The highest BCUT2D eigenvalue weighted by Gasteiger charge is 2.19. The van der Waals surface area contributed by atoms with E-state index in [4.69, 9.17) is 23.1 Å². The minimum atomic E-state index is -0.444. The molecule has 6 heteroatoms. The Bertz CT molecular complexity index is 724. The van der Waals surface area contributed by atoms with Crippen molar-refractivity contribution in [2.75, 3.05) is 5.32 Å². The molecule has 0 saturated heterocycles. The van der Waals surface area contributed by atoms with E-state index in [-0.39, 0.29) is 0 Å². The average molecular weight is 345 g/mol. The SMILES string of the molecule is NC(=O)c1ccc(-c2cc(N[C@H]3CC[C@H](N)CC3)ncc2Cl)cc1. The summed E-state index contributed by atoms with van der Waals surface area (Å²) in [5.41, 5.74) is 13.5. The maximum Gasteiger partial charge on any atom is 0.248 e. The number of benzene rings is 1. The Morgan fingerprint density at radius 3 is 2.46 bits per heavy atom. The zero-order chi connectivity index (χ0) is 17.1. The van der Waals surface area contributed by atoms with Crippen molar-refractivity contribution in [2.45, 2.75) is 37.8 Å². The first-order valence-corrected chi connectivity index (χ1v) is 8.48. The van der Waals surface area contributed by atoms with Crippen molar-refractivity contribution in [1.82, 2.24) is 4.98 Å². The van der Waals surface area contributed by atoms with Gasteiger partial charge in [-0.3, -0.25) is 4.79 Å². The third-order valence-electron chi connectivity index (χ3n) is 4.46. The van der Waals surface area contributed by atoms with Crippen molar-refractivity contribution in [1.29, 1.82) is 0 Å². The molecule has 1 saturated carbocycles. The number of amides is 1. The zero-order valence-electron chi connectivity index (χ0n) is 13.3. The second-order valence-corrected chi connectivity index (χ2v) is 6.65. The van der Waals surface area contributed by atoms with Crippen LogP contribution in [0.25, 0.3) is 11.1 Å². The van der Waals surface area contributed by atoms with Crippen molar-refractivity contribution in [2.24, 2.45) is 11.5 Å². The minimum absolute atomic E-state index is 0.320. The van der Waals surface area contributed by atoms with Gasteiger partial charge in [-0.1, -0.05) is 23.7 Å². The van der Waals surface area contributed by atoms with Gasteiger partial charge in [-0.2, -0.15) is 0 Å². The lowest BCUT2D eigenvalue weighted by molar-refractivity contribution is 0.100. The Balaban J connectivity index is 1.79. The van der Waals surface area contributed by atoms with Crippen LogP contribution in [-0.2, 0) is 0 Å². The number of nitrogens with one attached hydrogen (secondary N) is 1. The van der Waals surface area contributed by atoms with Crippen LogP contribution in [0.5, 0.6) is 0 Å². The molecule has 3 rings (SSSR count). The van der Waals surface area contributed by atoms with Crippen LogP contribution in [-0.4, -0.2) is 23.0 Å². The van der Waals surface area contributed by atoms with Crippen LogP contribution in [0.2, 0.25) is 5.02 Å². The van der Waals surface area contributed by atoms with Gasteiger partial charge < -0.3 is 16.8 Å². The highest BCUT2D eigenvalue weighted by molar-refractivity contribution is 6.33. The molecule has 0 atom stereocenters. The normalized spacial score (nSPS) is 20.6. The van der Waals surface area contributed by atoms with Gasteiger partial charge in [0.25, 0.3) is 0 Å². The second-order valence-electron chi connectivity index (χ2n) is 6.25. The number of hydrogen-bond acceptors (Lipinski definition) is 4. The number of nitrogens with zero attached hydrogens (tertiary/aromatic N) is 1. The Hall–Kier alpha value is -2.11. The number of carbonyl (C=O) groups is 1. The minimum Gasteiger partial charge on any atom is -0.367 e. The molecule has 0 unspecified atom stereocenters. The first-order valence-electron chi connectivity index (χ1n) is 8.11. The zero-order valence-corrected chi connectivity index (χ0v) is 14.1. The number of anilines is 1. The maximum atomic E-state index is 11.2. The molecule has 0 bridgehead atoms. The van der Waals surface area contributed by atoms with E-state index in [9.17, 15) is 4.79 Å². The van der Waals surface area contributed by atoms with E-state index in [1.54, 1.807) is 18.3 Å². The fraction of sp³-hybridized carbons (Fsp3) is 0.333. The first-order chi connectivity index (χ1) is 11.5. The molecule has 2 aromatic rings. The predicted octanol–water partition coefficient (Wildman–Crippen LogP) is 3.18. The molecule has 1 aliphatic rings. The third kappa shape index (κ3) is 3.86. The molecule has 1 amide bonds. The number of halogens is 1. The summed E-state index contributed by atoms with van der Waals surface area (Å²) in [6.07, 6.45) is 5.82. The summed E-state index contributed by atoms with van der Waals surface area (Å²) in [5.74, 6) is 0.356. The summed E-state index contributed by atoms with van der Waals surface area (Å²) in [7, 11) is 0. The molecule has 24 heavy (non-hydrogen) atoms. The summed E-state index contributed by atoms with van der Waals surface area (Å²) in [6, 6.07) is 9.73. The summed E-state index contributed by atoms with van der Waals surface area (Å²) < 4.78 is 0. The Morgan fingerprint density at radius 2 is 1.83 bits per heavy atom. The monoisotopic (exact) mass is 344 g/mol. The van der Waals surface area contributed by atoms with Crippen LogP contribution in [0.4, 0.5) is 5.82 Å². The molecular formula is C18H21ClN4O. The van der Waals surface area contributed by atoms with Gasteiger partial charge in [0.05, 0.1) is 5.02 Å². The first kappa shape index (κ1) is 16.7. The van der Waals surface area contributed by atoms with E-state index in [1.807, 2.05) is 18.2 Å². The lowest BCUT2D eigenvalue weighted by Crippen LogP contribution is -2.33. The van der Waals surface area contributed by atoms with Crippen LogP contribution in [0, 0.1) is 0 Å². The van der Waals surface area contributed by atoms with Gasteiger partial charge in [-0.05, 0) is 49.4 Å². The third-order valence-corrected chi connectivity index (χ3v) is 4.76. The molecule has 5 nitrogen and oxygen atoms in total. The van der Waals surface area contributed by atoms with Crippen molar-refractivity contribution >= 4 is 23.3 Å². The number of aromatic nitrogens is 1. The molecule has 126 valence electrons. The van der Waals surface area contributed by atoms with Gasteiger partial charge in [-0.25, -0.2) is 4.98 Å². The Kier molecular flexibility index (Phi) is 5.02. The number of nitrogens with two attached hydrogens (primary N) is 2. The van der Waals surface area contributed by atoms with Crippen LogP contribution >= 0.6 is 11.6 Å². The Morgan fingerprint density at radius 1 is 1.17 bits per heavy atom. The largest absolute Gasteiger partial charge is 0.367 e. The maximum absolute atomic E-state index is 11.2. The quantitative estimate of drug-likeness (QED) is 0.794. The number of carbonyl (C=O) groups excluding carboxylic acids is 1. The van der Waals surface area contributed by atoms with Crippen molar-refractivity contribution in [3.8, 4) is 11.1 Å². The summed E-state index contributed by atoms with van der Waals surface area (Å²) in [6.45, 7) is 0. The highest BCUT2D eigenvalue weighted by Crippen LogP contribution is 2.30. The molecule has 0 radical (unpaired) electrons. The summed E-state index contributed by atoms with van der Waals surface area (Å²) >= 11 is 6.30. The lowest BCUT2D eigenvalue weighted by Gasteiger charge is -2.27. The van der Waals surface area contributed by atoms with E-state index in [0.29, 0.717) is 22.7 Å². The van der Waals surface area contributed by atoms with Crippen molar-refractivity contribution in [3.63, 3.8) is 0 Å². The van der Waals surface area contributed by atoms with Gasteiger partial charge >= 0.3 is 0 Å². The molecule has 0 aliphatic heterocycles. The fourth-order valence-corrected chi connectivity index (χ4v) is 3.24. The molecule has 1 aromatic carbocycles. The molecule has 1 aliphatic carbocycles. The highest BCUT2D eigenvalue weighted by atomic mass is 35.5. The molecule has 1 aromatic heterocycles. The van der Waals surface area contributed by atoms with Gasteiger partial charge in [-0.15, -0.1) is 0 Å². The van der Waals surface area contributed by atoms with E-state index < -0.39 is 5.91 Å². The topological polar surface area (TPSA) is 94.0 Å². The number of rotatable bonds is 4. The second kappa shape index (κ2) is 7.20. The van der Waals surface area contributed by atoms with Crippen molar-refractivity contribution < 1.29 is 4.79 Å². The van der Waals surface area contributed by atoms with Crippen LogP contribution in [0.3, 0.4) is 0 Å². The van der Waals surface area contributed by atoms with E-state index in [0.717, 1.165) is 42.6 Å². The van der Waals surface area contributed by atoms with Gasteiger partial charge in [0, 0.05) is 29.4 Å². The van der Waals surface area contributed by atoms with Gasteiger partial charge in [0.2, 0.25) is 5.91 Å². The molecule has 5 N–H and O–H groups in total. The van der Waals surface area contributed by atoms with Crippen LogP contribution < -0.4 is 16.8 Å². The average Bonchev–Trinajstić information content (AvgIpc) is 2.59. The predicted molar refractivity (Wildman–Crippen MR) is 97.1 cm³/mol. The van der Waals surface area contributed by atoms with Crippen LogP contribution in [0.1, 0.15) is 36.0 Å². The molecular weight excluding hydrogens is 324 g/mol.